The Kier molecular flexibility index (Phi) is 4.51. The van der Waals surface area contributed by atoms with E-state index in [1.807, 2.05) is 0 Å². The molecule has 0 saturated carbocycles. The summed E-state index contributed by atoms with van der Waals surface area (Å²) in [6, 6.07) is 6.83. The first kappa shape index (κ1) is 14.4. The van der Waals surface area contributed by atoms with Crippen molar-refractivity contribution in [3.63, 3.8) is 0 Å². The van der Waals surface area contributed by atoms with Gasteiger partial charge in [-0.15, -0.1) is 0 Å². The monoisotopic (exact) mass is 260 g/mol. The molecule has 1 aromatic carbocycles. The van der Waals surface area contributed by atoms with E-state index in [1.54, 1.807) is 0 Å². The Bertz CT molecular complexity index is 399. The maximum atomic E-state index is 3.76. The molecule has 0 radical (unpaired) electrons. The van der Waals surface area contributed by atoms with Crippen LogP contribution in [-0.4, -0.2) is 25.7 Å². The summed E-state index contributed by atoms with van der Waals surface area (Å²) in [6.07, 6.45) is 5.17. The third-order valence-electron chi connectivity index (χ3n) is 4.25. The highest BCUT2D eigenvalue weighted by molar-refractivity contribution is 5.50. The molecule has 2 rings (SSSR count). The van der Waals surface area contributed by atoms with E-state index in [-0.39, 0.29) is 0 Å². The molecule has 1 aliphatic rings. The van der Waals surface area contributed by atoms with Crippen molar-refractivity contribution in [1.82, 2.24) is 5.32 Å². The van der Waals surface area contributed by atoms with Gasteiger partial charge in [0.1, 0.15) is 0 Å². The Morgan fingerprint density at radius 3 is 2.42 bits per heavy atom. The molecule has 19 heavy (non-hydrogen) atoms. The average Bonchev–Trinajstić information content (AvgIpc) is 2.76. The van der Waals surface area contributed by atoms with Crippen molar-refractivity contribution in [2.24, 2.45) is 0 Å². The molecule has 1 heterocycles. The third-order valence-corrected chi connectivity index (χ3v) is 4.25. The first-order chi connectivity index (χ1) is 9.04. The smallest absolute Gasteiger partial charge is 0.0369 e. The minimum atomic E-state index is 0.334. The predicted octanol–water partition coefficient (Wildman–Crippen LogP) is 3.66. The van der Waals surface area contributed by atoms with E-state index < -0.39 is 0 Å². The van der Waals surface area contributed by atoms with Crippen LogP contribution in [0.3, 0.4) is 0 Å². The summed E-state index contributed by atoms with van der Waals surface area (Å²) in [5.74, 6) is 0. The van der Waals surface area contributed by atoms with Crippen LogP contribution in [0.5, 0.6) is 0 Å². The lowest BCUT2D eigenvalue weighted by Gasteiger charge is -2.35. The molecule has 0 amide bonds. The van der Waals surface area contributed by atoms with Crippen LogP contribution in [0.1, 0.15) is 43.7 Å². The van der Waals surface area contributed by atoms with E-state index >= 15 is 0 Å². The molecule has 0 aromatic heterocycles. The Labute approximate surface area is 118 Å². The molecule has 2 nitrogen and oxygen atoms in total. The van der Waals surface area contributed by atoms with Gasteiger partial charge in [-0.3, -0.25) is 0 Å². The third kappa shape index (κ3) is 3.50. The van der Waals surface area contributed by atoms with E-state index in [4.69, 9.17) is 0 Å². The molecular formula is C17H28N2. The molecule has 106 valence electrons. The van der Waals surface area contributed by atoms with E-state index in [9.17, 15) is 0 Å². The minimum absolute atomic E-state index is 0.334. The van der Waals surface area contributed by atoms with Crippen LogP contribution in [0, 0.1) is 13.8 Å². The van der Waals surface area contributed by atoms with Crippen molar-refractivity contribution in [2.75, 3.05) is 25.0 Å². The second-order valence-electron chi connectivity index (χ2n) is 6.26. The van der Waals surface area contributed by atoms with Gasteiger partial charge in [-0.1, -0.05) is 19.4 Å². The lowest BCUT2D eigenvalue weighted by atomic mass is 9.91. The highest BCUT2D eigenvalue weighted by Crippen LogP contribution is 2.28. The fourth-order valence-electron chi connectivity index (χ4n) is 3.49. The second-order valence-corrected chi connectivity index (χ2v) is 6.26. The normalized spacial score (nSPS) is 22.7. The minimum Gasteiger partial charge on any atom is -0.373 e. The van der Waals surface area contributed by atoms with Crippen LogP contribution in [0.25, 0.3) is 0 Å². The van der Waals surface area contributed by atoms with Gasteiger partial charge in [-0.25, -0.2) is 0 Å². The van der Waals surface area contributed by atoms with Gasteiger partial charge >= 0.3 is 0 Å². The molecule has 1 N–H and O–H groups in total. The van der Waals surface area contributed by atoms with Gasteiger partial charge in [0, 0.05) is 24.8 Å². The summed E-state index contributed by atoms with van der Waals surface area (Å²) < 4.78 is 0. The lowest BCUT2D eigenvalue weighted by Crippen LogP contribution is -2.49. The molecule has 0 aliphatic carbocycles. The van der Waals surface area contributed by atoms with Crippen molar-refractivity contribution in [1.29, 1.82) is 0 Å². The maximum Gasteiger partial charge on any atom is 0.0369 e. The van der Waals surface area contributed by atoms with Crippen LogP contribution in [0.15, 0.2) is 18.2 Å². The van der Waals surface area contributed by atoms with Crippen LogP contribution in [-0.2, 0) is 0 Å². The highest BCUT2D eigenvalue weighted by atomic mass is 15.2. The Hall–Kier alpha value is -1.02. The number of rotatable bonds is 5. The summed E-state index contributed by atoms with van der Waals surface area (Å²) in [4.78, 5) is 2.42. The molecular weight excluding hydrogens is 232 g/mol. The van der Waals surface area contributed by atoms with Crippen molar-refractivity contribution in [3.8, 4) is 0 Å². The molecule has 0 spiro atoms. The van der Waals surface area contributed by atoms with Crippen LogP contribution in [0.4, 0.5) is 5.69 Å². The summed E-state index contributed by atoms with van der Waals surface area (Å²) >= 11 is 0. The first-order valence-electron chi connectivity index (χ1n) is 7.59. The fourth-order valence-corrected chi connectivity index (χ4v) is 3.49. The molecule has 1 aromatic rings. The Morgan fingerprint density at radius 1 is 1.21 bits per heavy atom. The molecule has 1 saturated heterocycles. The number of hydrogen-bond donors (Lipinski definition) is 1. The van der Waals surface area contributed by atoms with Gasteiger partial charge in [0.25, 0.3) is 0 Å². The molecule has 1 atom stereocenters. The summed E-state index contributed by atoms with van der Waals surface area (Å²) in [5, 5.41) is 3.76. The van der Waals surface area contributed by atoms with E-state index in [0.29, 0.717) is 5.54 Å². The molecule has 0 bridgehead atoms. The average molecular weight is 260 g/mol. The van der Waals surface area contributed by atoms with Crippen molar-refractivity contribution < 1.29 is 0 Å². The van der Waals surface area contributed by atoms with Crippen molar-refractivity contribution in [2.45, 2.75) is 52.0 Å². The summed E-state index contributed by atoms with van der Waals surface area (Å²) in [5.41, 5.74) is 4.39. The number of aryl methyl sites for hydroxylation is 2. The number of benzene rings is 1. The van der Waals surface area contributed by atoms with Gasteiger partial charge in [-0.05, 0) is 62.9 Å². The van der Waals surface area contributed by atoms with Gasteiger partial charge < -0.3 is 10.2 Å². The molecule has 1 aliphatic heterocycles. The van der Waals surface area contributed by atoms with Gasteiger partial charge in [0.2, 0.25) is 0 Å². The predicted molar refractivity (Wildman–Crippen MR) is 84.1 cm³/mol. The largest absolute Gasteiger partial charge is 0.373 e. The SMILES string of the molecule is CCCC1(CN(C)c2cc(C)cc(C)c2)CCCN1. The topological polar surface area (TPSA) is 15.3 Å². The zero-order chi connectivity index (χ0) is 13.9. The van der Waals surface area contributed by atoms with Gasteiger partial charge in [-0.2, -0.15) is 0 Å². The lowest BCUT2D eigenvalue weighted by molar-refractivity contribution is 0.349. The second kappa shape index (κ2) is 5.96. The number of nitrogens with one attached hydrogen (secondary N) is 1. The number of hydrogen-bond acceptors (Lipinski definition) is 2. The first-order valence-corrected chi connectivity index (χ1v) is 7.59. The maximum absolute atomic E-state index is 3.76. The Balaban J connectivity index is 2.12. The fraction of sp³-hybridized carbons (Fsp3) is 0.647. The van der Waals surface area contributed by atoms with E-state index in [0.717, 1.165) is 6.54 Å². The zero-order valence-corrected chi connectivity index (χ0v) is 12.9. The summed E-state index contributed by atoms with van der Waals surface area (Å²) in [6.45, 7) is 8.95. The van der Waals surface area contributed by atoms with Crippen LogP contribution < -0.4 is 10.2 Å². The molecule has 1 fully saturated rings. The quantitative estimate of drug-likeness (QED) is 0.869. The number of likely N-dealkylation sites (N-methyl/N-ethyl adjacent to an activating group) is 1. The summed E-state index contributed by atoms with van der Waals surface area (Å²) in [7, 11) is 2.23. The van der Waals surface area contributed by atoms with E-state index in [2.05, 4.69) is 56.2 Å². The number of nitrogens with zero attached hydrogens (tertiary/aromatic N) is 1. The van der Waals surface area contributed by atoms with Crippen molar-refractivity contribution in [3.05, 3.63) is 29.3 Å². The van der Waals surface area contributed by atoms with Crippen molar-refractivity contribution >= 4 is 5.69 Å². The number of anilines is 1. The standard InChI is InChI=1S/C17H28N2/c1-5-7-17(8-6-9-18-17)13-19(4)16-11-14(2)10-15(3)12-16/h10-12,18H,5-9,13H2,1-4H3. The zero-order valence-electron chi connectivity index (χ0n) is 12.9. The van der Waals surface area contributed by atoms with Gasteiger partial charge in [0.15, 0.2) is 0 Å². The molecule has 2 heteroatoms. The molecule has 1 unspecified atom stereocenters. The van der Waals surface area contributed by atoms with Crippen LogP contribution >= 0.6 is 0 Å². The van der Waals surface area contributed by atoms with Crippen LogP contribution in [0.2, 0.25) is 0 Å². The highest BCUT2D eigenvalue weighted by Gasteiger charge is 2.33. The van der Waals surface area contributed by atoms with E-state index in [1.165, 1.54) is 49.0 Å². The van der Waals surface area contributed by atoms with Gasteiger partial charge in [0.05, 0.1) is 0 Å². The Morgan fingerprint density at radius 2 is 1.89 bits per heavy atom.